The molecule has 2 atom stereocenters. The highest BCUT2D eigenvalue weighted by Gasteiger charge is 2.26. The number of hydrogen-bond donors (Lipinski definition) is 3. The molecule has 0 unspecified atom stereocenters. The number of nitrogens with zero attached hydrogens (tertiary/aromatic N) is 2. The highest BCUT2D eigenvalue weighted by molar-refractivity contribution is 7.18. The molecule has 3 rings (SSSR count). The second kappa shape index (κ2) is 14.2. The van der Waals surface area contributed by atoms with E-state index in [9.17, 15) is 14.4 Å². The number of nitrogens with one attached hydrogen (secondary N) is 3. The average molecular weight is 546 g/mol. The number of aromatic nitrogens is 1. The first kappa shape index (κ1) is 29.5. The molecule has 9 heteroatoms. The zero-order valence-corrected chi connectivity index (χ0v) is 23.4. The first-order valence-electron chi connectivity index (χ1n) is 13.1. The van der Waals surface area contributed by atoms with Crippen LogP contribution in [0.5, 0.6) is 0 Å². The predicted molar refractivity (Wildman–Crippen MR) is 154 cm³/mol. The number of benzene rings is 2. The van der Waals surface area contributed by atoms with Crippen molar-refractivity contribution in [1.29, 1.82) is 5.26 Å². The normalized spacial score (nSPS) is 12.4. The molecule has 0 radical (unpaired) electrons. The van der Waals surface area contributed by atoms with E-state index in [1.54, 1.807) is 6.07 Å². The SMILES string of the molecule is C=C(C#N)C(=O)NC[C@H](Cc1ccccc1)NC(=O)[C@H](Cc1nc2ccc(C(C)C)cc2s1)NC(=O)CCC. The van der Waals surface area contributed by atoms with Crippen molar-refractivity contribution in [2.75, 3.05) is 6.54 Å². The van der Waals surface area contributed by atoms with Gasteiger partial charge >= 0.3 is 0 Å². The van der Waals surface area contributed by atoms with E-state index in [2.05, 4.69) is 48.5 Å². The van der Waals surface area contributed by atoms with Crippen LogP contribution in [0.2, 0.25) is 0 Å². The maximum Gasteiger partial charge on any atom is 0.261 e. The third kappa shape index (κ3) is 8.76. The third-order valence-corrected chi connectivity index (χ3v) is 7.26. The van der Waals surface area contributed by atoms with Gasteiger partial charge in [0.25, 0.3) is 5.91 Å². The lowest BCUT2D eigenvalue weighted by molar-refractivity contribution is -0.129. The van der Waals surface area contributed by atoms with Crippen molar-refractivity contribution in [1.82, 2.24) is 20.9 Å². The molecule has 39 heavy (non-hydrogen) atoms. The van der Waals surface area contributed by atoms with Gasteiger partial charge in [0.2, 0.25) is 11.8 Å². The quantitative estimate of drug-likeness (QED) is 0.220. The van der Waals surface area contributed by atoms with Gasteiger partial charge in [-0.05, 0) is 42.0 Å². The smallest absolute Gasteiger partial charge is 0.261 e. The molecule has 0 saturated carbocycles. The molecule has 8 nitrogen and oxygen atoms in total. The molecule has 0 saturated heterocycles. The number of nitriles is 1. The van der Waals surface area contributed by atoms with E-state index >= 15 is 0 Å². The van der Waals surface area contributed by atoms with Crippen LogP contribution in [0.25, 0.3) is 10.2 Å². The molecule has 3 amide bonds. The molecule has 204 valence electrons. The summed E-state index contributed by atoms with van der Waals surface area (Å²) in [5, 5.41) is 18.3. The number of carbonyl (C=O) groups is 3. The minimum atomic E-state index is -0.836. The molecule has 0 bridgehead atoms. The molecular weight excluding hydrogens is 510 g/mol. The Morgan fingerprint density at radius 2 is 1.82 bits per heavy atom. The molecule has 2 aromatic carbocycles. The Balaban J connectivity index is 1.81. The van der Waals surface area contributed by atoms with Crippen LogP contribution < -0.4 is 16.0 Å². The lowest BCUT2D eigenvalue weighted by atomic mass is 10.0. The molecule has 0 aliphatic rings. The Morgan fingerprint density at radius 3 is 2.49 bits per heavy atom. The molecule has 0 aliphatic heterocycles. The zero-order valence-electron chi connectivity index (χ0n) is 22.6. The van der Waals surface area contributed by atoms with Crippen molar-refractivity contribution in [3.8, 4) is 6.07 Å². The van der Waals surface area contributed by atoms with Gasteiger partial charge in [-0.2, -0.15) is 5.26 Å². The van der Waals surface area contributed by atoms with E-state index < -0.39 is 18.0 Å². The summed E-state index contributed by atoms with van der Waals surface area (Å²) in [6.07, 6.45) is 1.65. The van der Waals surface area contributed by atoms with Crippen LogP contribution in [-0.4, -0.2) is 41.3 Å². The summed E-state index contributed by atoms with van der Waals surface area (Å²) in [6.45, 7) is 9.71. The number of thiazole rings is 1. The van der Waals surface area contributed by atoms with Crippen molar-refractivity contribution >= 4 is 39.3 Å². The fourth-order valence-electron chi connectivity index (χ4n) is 4.06. The van der Waals surface area contributed by atoms with Crippen molar-refractivity contribution in [3.63, 3.8) is 0 Å². The van der Waals surface area contributed by atoms with Gasteiger partial charge < -0.3 is 16.0 Å². The highest BCUT2D eigenvalue weighted by Crippen LogP contribution is 2.27. The summed E-state index contributed by atoms with van der Waals surface area (Å²) >= 11 is 1.52. The molecule has 3 N–H and O–H groups in total. The van der Waals surface area contributed by atoms with E-state index in [1.165, 1.54) is 16.9 Å². The summed E-state index contributed by atoms with van der Waals surface area (Å²) in [4.78, 5) is 42.9. The second-order valence-electron chi connectivity index (χ2n) is 9.76. The van der Waals surface area contributed by atoms with Crippen molar-refractivity contribution in [2.45, 2.75) is 64.5 Å². The van der Waals surface area contributed by atoms with Crippen molar-refractivity contribution < 1.29 is 14.4 Å². The van der Waals surface area contributed by atoms with Crippen LogP contribution in [0, 0.1) is 11.3 Å². The van der Waals surface area contributed by atoms with E-state index in [-0.39, 0.29) is 30.4 Å². The van der Waals surface area contributed by atoms with Gasteiger partial charge in [-0.1, -0.05) is 63.7 Å². The zero-order chi connectivity index (χ0) is 28.4. The van der Waals surface area contributed by atoms with Gasteiger partial charge in [-0.25, -0.2) is 4.98 Å². The Kier molecular flexibility index (Phi) is 10.8. The monoisotopic (exact) mass is 545 g/mol. The van der Waals surface area contributed by atoms with Crippen LogP contribution in [0.4, 0.5) is 0 Å². The minimum absolute atomic E-state index is 0.0922. The van der Waals surface area contributed by atoms with Crippen LogP contribution in [-0.2, 0) is 27.2 Å². The first-order chi connectivity index (χ1) is 18.7. The molecule has 1 aromatic heterocycles. The minimum Gasteiger partial charge on any atom is -0.349 e. The summed E-state index contributed by atoms with van der Waals surface area (Å²) in [5.41, 5.74) is 2.84. The molecule has 3 aromatic rings. The number of hydrogen-bond acceptors (Lipinski definition) is 6. The Bertz CT molecular complexity index is 1360. The summed E-state index contributed by atoms with van der Waals surface area (Å²) in [7, 11) is 0. The van der Waals surface area contributed by atoms with Gasteiger partial charge in [0.1, 0.15) is 17.7 Å². The van der Waals surface area contributed by atoms with Gasteiger partial charge in [0, 0.05) is 19.4 Å². The fourth-order valence-corrected chi connectivity index (χ4v) is 5.12. The largest absolute Gasteiger partial charge is 0.349 e. The Hall–Kier alpha value is -4.03. The first-order valence-corrected chi connectivity index (χ1v) is 13.9. The van der Waals surface area contributed by atoms with Crippen molar-refractivity contribution in [2.24, 2.45) is 0 Å². The Morgan fingerprint density at radius 1 is 1.08 bits per heavy atom. The fraction of sp³-hybridized carbons (Fsp3) is 0.367. The van der Waals surface area contributed by atoms with Crippen LogP contribution >= 0.6 is 11.3 Å². The number of fused-ring (bicyclic) bond motifs is 1. The standard InChI is InChI=1S/C30H35N5O3S/c1-5-9-27(36)34-25(16-28-35-24-13-12-22(19(2)3)15-26(24)39-28)30(38)33-23(14-21-10-7-6-8-11-21)18-32-29(37)20(4)17-31/h6-8,10-13,15,19,23,25H,4-5,9,14,16,18H2,1-3H3,(H,32,37)(H,33,38)(H,34,36)/t23-,25-/m0/s1. The van der Waals surface area contributed by atoms with Crippen LogP contribution in [0.15, 0.2) is 60.7 Å². The van der Waals surface area contributed by atoms with E-state index in [0.717, 1.165) is 20.8 Å². The van der Waals surface area contributed by atoms with Gasteiger partial charge in [0.05, 0.1) is 21.3 Å². The summed E-state index contributed by atoms with van der Waals surface area (Å²) < 4.78 is 1.04. The Labute approximate surface area is 233 Å². The van der Waals surface area contributed by atoms with Crippen LogP contribution in [0.3, 0.4) is 0 Å². The van der Waals surface area contributed by atoms with Gasteiger partial charge in [-0.3, -0.25) is 14.4 Å². The number of rotatable bonds is 13. The van der Waals surface area contributed by atoms with E-state index in [4.69, 9.17) is 10.2 Å². The lowest BCUT2D eigenvalue weighted by Crippen LogP contribution is -2.53. The number of amides is 3. The summed E-state index contributed by atoms with van der Waals surface area (Å²) in [5.74, 6) is -0.776. The molecule has 0 aliphatic carbocycles. The maximum absolute atomic E-state index is 13.5. The molecular formula is C30H35N5O3S. The summed E-state index contributed by atoms with van der Waals surface area (Å²) in [6, 6.07) is 16.2. The topological polar surface area (TPSA) is 124 Å². The third-order valence-electron chi connectivity index (χ3n) is 6.22. The number of carbonyl (C=O) groups excluding carboxylic acids is 3. The molecule has 0 fully saturated rings. The second-order valence-corrected chi connectivity index (χ2v) is 10.9. The average Bonchev–Trinajstić information content (AvgIpc) is 3.33. The molecule has 0 spiro atoms. The predicted octanol–water partition coefficient (Wildman–Crippen LogP) is 4.17. The maximum atomic E-state index is 13.5. The van der Waals surface area contributed by atoms with Gasteiger partial charge in [0.15, 0.2) is 0 Å². The highest BCUT2D eigenvalue weighted by atomic mass is 32.1. The lowest BCUT2D eigenvalue weighted by Gasteiger charge is -2.24. The molecule has 1 heterocycles. The van der Waals surface area contributed by atoms with E-state index in [0.29, 0.717) is 25.2 Å². The van der Waals surface area contributed by atoms with Gasteiger partial charge in [-0.15, -0.1) is 11.3 Å². The van der Waals surface area contributed by atoms with Crippen LogP contribution in [0.1, 0.15) is 55.7 Å². The van der Waals surface area contributed by atoms with Crippen molar-refractivity contribution in [3.05, 3.63) is 76.8 Å². The van der Waals surface area contributed by atoms with E-state index in [1.807, 2.05) is 43.3 Å².